The molecule has 1 fully saturated rings. The highest BCUT2D eigenvalue weighted by Crippen LogP contribution is 2.46. The van der Waals surface area contributed by atoms with Crippen molar-refractivity contribution in [3.63, 3.8) is 0 Å². The molecular formula is C33H33F4N5O3. The Morgan fingerprint density at radius 1 is 1.13 bits per heavy atom. The first-order valence-electron chi connectivity index (χ1n) is 14.3. The molecule has 236 valence electrons. The van der Waals surface area contributed by atoms with Crippen LogP contribution in [0.25, 0.3) is 28.9 Å². The molecule has 0 bridgehead atoms. The molecule has 1 N–H and O–H groups in total. The molecule has 45 heavy (non-hydrogen) atoms. The van der Waals surface area contributed by atoms with Gasteiger partial charge in [-0.1, -0.05) is 18.2 Å². The standard InChI is InChI=1S/C33H33F4N5O3/c1-32(2,3)45-27(43)14-12-21-17-39-30(28-22(20-10-11-20)7-6-8-25(28)44-5)41-29(21)38-16-19-9-13-23(24(34)15-19)31-40-26(18-42(31)4)33(35,36)37/h6-9,12-15,17-18,20H,10-11,16H2,1-5H3,(H,38,39,41)/b14-12+. The van der Waals surface area contributed by atoms with E-state index >= 15 is 4.39 Å². The fourth-order valence-corrected chi connectivity index (χ4v) is 4.85. The third-order valence-corrected chi connectivity index (χ3v) is 7.04. The van der Waals surface area contributed by atoms with Gasteiger partial charge >= 0.3 is 12.1 Å². The first-order valence-corrected chi connectivity index (χ1v) is 14.3. The van der Waals surface area contributed by atoms with E-state index in [0.29, 0.717) is 34.4 Å². The largest absolute Gasteiger partial charge is 0.496 e. The number of ether oxygens (including phenoxy) is 2. The number of imidazole rings is 1. The smallest absolute Gasteiger partial charge is 0.434 e. The molecule has 1 aliphatic carbocycles. The Morgan fingerprint density at radius 2 is 1.89 bits per heavy atom. The number of esters is 1. The van der Waals surface area contributed by atoms with Gasteiger partial charge in [-0.15, -0.1) is 0 Å². The summed E-state index contributed by atoms with van der Waals surface area (Å²) in [6.45, 7) is 5.40. The van der Waals surface area contributed by atoms with E-state index in [-0.39, 0.29) is 17.9 Å². The summed E-state index contributed by atoms with van der Waals surface area (Å²) in [5.74, 6) is 0.390. The summed E-state index contributed by atoms with van der Waals surface area (Å²) in [6.07, 6.45) is 2.68. The van der Waals surface area contributed by atoms with Crippen molar-refractivity contribution in [2.24, 2.45) is 7.05 Å². The molecule has 2 heterocycles. The van der Waals surface area contributed by atoms with Crippen LogP contribution in [0.5, 0.6) is 5.75 Å². The fourth-order valence-electron chi connectivity index (χ4n) is 4.85. The van der Waals surface area contributed by atoms with Gasteiger partial charge in [0.1, 0.15) is 28.8 Å². The molecule has 0 amide bonds. The third kappa shape index (κ3) is 7.50. The summed E-state index contributed by atoms with van der Waals surface area (Å²) in [5, 5.41) is 3.20. The van der Waals surface area contributed by atoms with Crippen LogP contribution in [0.4, 0.5) is 23.4 Å². The molecule has 0 aliphatic heterocycles. The van der Waals surface area contributed by atoms with Crippen LogP contribution in [-0.4, -0.2) is 38.2 Å². The van der Waals surface area contributed by atoms with Crippen LogP contribution in [0.2, 0.25) is 0 Å². The lowest BCUT2D eigenvalue weighted by molar-refractivity contribution is -0.148. The van der Waals surface area contributed by atoms with Gasteiger partial charge in [0.05, 0.1) is 18.2 Å². The molecule has 0 saturated heterocycles. The summed E-state index contributed by atoms with van der Waals surface area (Å²) in [5.41, 5.74) is 1.00. The van der Waals surface area contributed by atoms with Gasteiger partial charge in [-0.3, -0.25) is 0 Å². The van der Waals surface area contributed by atoms with Gasteiger partial charge in [0.25, 0.3) is 0 Å². The van der Waals surface area contributed by atoms with Crippen LogP contribution in [0.15, 0.2) is 54.9 Å². The minimum Gasteiger partial charge on any atom is -0.496 e. The highest BCUT2D eigenvalue weighted by molar-refractivity contribution is 5.88. The molecule has 1 aliphatic rings. The van der Waals surface area contributed by atoms with Crippen molar-refractivity contribution in [2.75, 3.05) is 12.4 Å². The molecule has 0 atom stereocenters. The second-order valence-electron chi connectivity index (χ2n) is 11.8. The highest BCUT2D eigenvalue weighted by atomic mass is 19.4. The first kappa shape index (κ1) is 31.7. The number of benzene rings is 2. The number of aromatic nitrogens is 4. The summed E-state index contributed by atoms with van der Waals surface area (Å²) in [6, 6.07) is 10.0. The van der Waals surface area contributed by atoms with Gasteiger partial charge in [-0.25, -0.2) is 24.1 Å². The number of nitrogens with one attached hydrogen (secondary N) is 1. The summed E-state index contributed by atoms with van der Waals surface area (Å²) < 4.78 is 66.8. The zero-order valence-electron chi connectivity index (χ0n) is 25.5. The molecule has 1 saturated carbocycles. The van der Waals surface area contributed by atoms with Crippen LogP contribution in [-0.2, 0) is 29.3 Å². The SMILES string of the molecule is COc1cccc(C2CC2)c1-c1ncc(/C=C/C(=O)OC(C)(C)C)c(NCc2ccc(-c3nc(C(F)(F)F)cn3C)c(F)c2)n1. The van der Waals surface area contributed by atoms with Crippen LogP contribution >= 0.6 is 0 Å². The molecule has 8 nitrogen and oxygen atoms in total. The summed E-state index contributed by atoms with van der Waals surface area (Å²) in [4.78, 5) is 25.4. The van der Waals surface area contributed by atoms with Crippen molar-refractivity contribution in [1.29, 1.82) is 0 Å². The summed E-state index contributed by atoms with van der Waals surface area (Å²) >= 11 is 0. The topological polar surface area (TPSA) is 91.2 Å². The van der Waals surface area contributed by atoms with Gasteiger partial charge < -0.3 is 19.4 Å². The van der Waals surface area contributed by atoms with Crippen molar-refractivity contribution in [3.05, 3.63) is 83.1 Å². The minimum absolute atomic E-state index is 0.0640. The number of alkyl halides is 3. The molecule has 4 aromatic rings. The van der Waals surface area contributed by atoms with Crippen molar-refractivity contribution in [3.8, 4) is 28.5 Å². The summed E-state index contributed by atoms with van der Waals surface area (Å²) in [7, 11) is 2.96. The van der Waals surface area contributed by atoms with Gasteiger partial charge in [-0.2, -0.15) is 13.2 Å². The number of nitrogens with zero attached hydrogens (tertiary/aromatic N) is 4. The average molecular weight is 624 g/mol. The van der Waals surface area contributed by atoms with E-state index in [4.69, 9.17) is 14.5 Å². The maximum atomic E-state index is 15.2. The Morgan fingerprint density at radius 3 is 2.51 bits per heavy atom. The van der Waals surface area contributed by atoms with Crippen LogP contribution < -0.4 is 10.1 Å². The number of carbonyl (C=O) groups is 1. The van der Waals surface area contributed by atoms with E-state index in [1.165, 1.54) is 31.3 Å². The van der Waals surface area contributed by atoms with Crippen molar-refractivity contribution in [1.82, 2.24) is 19.5 Å². The number of methoxy groups -OCH3 is 1. The Kier molecular flexibility index (Phi) is 8.68. The Labute approximate surface area is 258 Å². The van der Waals surface area contributed by atoms with Crippen molar-refractivity contribution < 1.29 is 31.8 Å². The number of anilines is 1. The number of hydrogen-bond acceptors (Lipinski definition) is 7. The second kappa shape index (κ2) is 12.3. The van der Waals surface area contributed by atoms with E-state index < -0.39 is 29.3 Å². The Bertz CT molecular complexity index is 1750. The highest BCUT2D eigenvalue weighted by Gasteiger charge is 2.35. The number of rotatable bonds is 9. The number of hydrogen-bond donors (Lipinski definition) is 1. The monoisotopic (exact) mass is 623 g/mol. The number of aryl methyl sites for hydroxylation is 1. The Balaban J connectivity index is 1.46. The lowest BCUT2D eigenvalue weighted by atomic mass is 10.0. The third-order valence-electron chi connectivity index (χ3n) is 7.04. The minimum atomic E-state index is -4.65. The first-order chi connectivity index (χ1) is 21.2. The van der Waals surface area contributed by atoms with E-state index in [2.05, 4.69) is 15.3 Å². The van der Waals surface area contributed by atoms with Crippen LogP contribution in [0.1, 0.15) is 61.9 Å². The predicted octanol–water partition coefficient (Wildman–Crippen LogP) is 7.56. The number of halogens is 4. The average Bonchev–Trinajstić information content (AvgIpc) is 3.74. The molecular weight excluding hydrogens is 590 g/mol. The lowest BCUT2D eigenvalue weighted by Gasteiger charge is -2.18. The van der Waals surface area contributed by atoms with E-state index in [0.717, 1.165) is 34.7 Å². The predicted molar refractivity (Wildman–Crippen MR) is 162 cm³/mol. The molecule has 5 rings (SSSR count). The molecule has 0 spiro atoms. The van der Waals surface area contributed by atoms with E-state index in [1.807, 2.05) is 18.2 Å². The van der Waals surface area contributed by atoms with Gasteiger partial charge in [0.2, 0.25) is 0 Å². The molecule has 12 heteroatoms. The van der Waals surface area contributed by atoms with Crippen molar-refractivity contribution >= 4 is 17.9 Å². The van der Waals surface area contributed by atoms with Crippen LogP contribution in [0, 0.1) is 5.82 Å². The molecule has 0 unspecified atom stereocenters. The maximum Gasteiger partial charge on any atom is 0.434 e. The zero-order chi connectivity index (χ0) is 32.5. The van der Waals surface area contributed by atoms with Crippen LogP contribution in [0.3, 0.4) is 0 Å². The zero-order valence-corrected chi connectivity index (χ0v) is 25.5. The quantitative estimate of drug-likeness (QED) is 0.117. The van der Waals surface area contributed by atoms with E-state index in [9.17, 15) is 18.0 Å². The Hall–Kier alpha value is -4.74. The van der Waals surface area contributed by atoms with E-state index in [1.54, 1.807) is 40.1 Å². The lowest BCUT2D eigenvalue weighted by Crippen LogP contribution is -2.22. The molecule has 2 aromatic heterocycles. The second-order valence-corrected chi connectivity index (χ2v) is 11.8. The molecule has 2 aromatic carbocycles. The normalized spacial score (nSPS) is 13.7. The van der Waals surface area contributed by atoms with Gasteiger partial charge in [0.15, 0.2) is 11.5 Å². The van der Waals surface area contributed by atoms with Gasteiger partial charge in [0, 0.05) is 37.6 Å². The fraction of sp³-hybridized carbons (Fsp3) is 0.333. The van der Waals surface area contributed by atoms with Crippen molar-refractivity contribution in [2.45, 2.75) is 57.9 Å². The van der Waals surface area contributed by atoms with Gasteiger partial charge in [-0.05, 0) is 74.9 Å². The molecule has 0 radical (unpaired) electrons. The maximum absolute atomic E-state index is 15.2. The number of carbonyl (C=O) groups excluding carboxylic acids is 1.